The number of benzene rings is 3. The van der Waals surface area contributed by atoms with Gasteiger partial charge in [0.05, 0.1) is 10.7 Å². The number of hydrogen-bond donors (Lipinski definition) is 3. The Kier molecular flexibility index (Phi) is 6.62. The van der Waals surface area contributed by atoms with Crippen molar-refractivity contribution in [3.63, 3.8) is 0 Å². The lowest BCUT2D eigenvalue weighted by Gasteiger charge is -2.13. The number of aryl methyl sites for hydroxylation is 1. The number of nitrogens with one attached hydrogen (secondary N) is 3. The van der Waals surface area contributed by atoms with Crippen molar-refractivity contribution in [3.05, 3.63) is 82.9 Å². The van der Waals surface area contributed by atoms with Crippen molar-refractivity contribution in [1.82, 2.24) is 0 Å². The number of sulfonamides is 1. The van der Waals surface area contributed by atoms with E-state index >= 15 is 0 Å². The Labute approximate surface area is 185 Å². The summed E-state index contributed by atoms with van der Waals surface area (Å²) in [4.78, 5) is 23.7. The summed E-state index contributed by atoms with van der Waals surface area (Å²) in [6.45, 7) is 3.16. The predicted octanol–water partition coefficient (Wildman–Crippen LogP) is 4.66. The smallest absolute Gasteiger partial charge is 0.263 e. The molecular weight excluding hydrogens is 438 g/mol. The number of halogens is 1. The lowest BCUT2D eigenvalue weighted by atomic mass is 10.2. The van der Waals surface area contributed by atoms with Gasteiger partial charge >= 0.3 is 0 Å². The van der Waals surface area contributed by atoms with Crippen molar-refractivity contribution in [2.24, 2.45) is 0 Å². The lowest BCUT2D eigenvalue weighted by Crippen LogP contribution is -2.17. The maximum atomic E-state index is 12.9. The van der Waals surface area contributed by atoms with E-state index in [0.29, 0.717) is 17.1 Å². The van der Waals surface area contributed by atoms with Gasteiger partial charge in [0.1, 0.15) is 4.90 Å². The van der Waals surface area contributed by atoms with Gasteiger partial charge in [0.15, 0.2) is 0 Å². The van der Waals surface area contributed by atoms with E-state index in [0.717, 1.165) is 5.56 Å². The van der Waals surface area contributed by atoms with Gasteiger partial charge in [0.25, 0.3) is 15.9 Å². The SMILES string of the molecule is CC(=O)Nc1cccc(NC(=O)c2ccc(Cl)c(S(=O)(=O)Nc3ccccc3C)c2)c1. The van der Waals surface area contributed by atoms with Crippen LogP contribution in [0, 0.1) is 6.92 Å². The minimum atomic E-state index is -4.03. The number of anilines is 3. The zero-order chi connectivity index (χ0) is 22.6. The van der Waals surface area contributed by atoms with Crippen LogP contribution >= 0.6 is 11.6 Å². The molecule has 0 radical (unpaired) electrons. The summed E-state index contributed by atoms with van der Waals surface area (Å²) >= 11 is 6.13. The van der Waals surface area contributed by atoms with Gasteiger partial charge in [-0.15, -0.1) is 0 Å². The molecule has 9 heteroatoms. The third kappa shape index (κ3) is 5.62. The molecule has 31 heavy (non-hydrogen) atoms. The van der Waals surface area contributed by atoms with Crippen molar-refractivity contribution in [2.75, 3.05) is 15.4 Å². The standard InChI is InChI=1S/C22H20ClN3O4S/c1-14-6-3-4-9-20(14)26-31(29,30)21-12-16(10-11-19(21)23)22(28)25-18-8-5-7-17(13-18)24-15(2)27/h3-13,26H,1-2H3,(H,24,27)(H,25,28). The number of amides is 2. The number of carbonyl (C=O) groups is 2. The van der Waals surface area contributed by atoms with Gasteiger partial charge in [0, 0.05) is 23.9 Å². The van der Waals surface area contributed by atoms with Crippen LogP contribution in [0.15, 0.2) is 71.6 Å². The molecule has 0 unspecified atom stereocenters. The van der Waals surface area contributed by atoms with Crippen LogP contribution in [0.1, 0.15) is 22.8 Å². The van der Waals surface area contributed by atoms with Crippen LogP contribution in [0.4, 0.5) is 17.1 Å². The summed E-state index contributed by atoms with van der Waals surface area (Å²) in [6.07, 6.45) is 0. The van der Waals surface area contributed by atoms with Crippen LogP contribution in [-0.2, 0) is 14.8 Å². The Morgan fingerprint density at radius 3 is 2.23 bits per heavy atom. The average molecular weight is 458 g/mol. The van der Waals surface area contributed by atoms with Crippen molar-refractivity contribution in [3.8, 4) is 0 Å². The van der Waals surface area contributed by atoms with E-state index in [-0.39, 0.29) is 21.4 Å². The fourth-order valence-electron chi connectivity index (χ4n) is 2.82. The molecule has 0 heterocycles. The van der Waals surface area contributed by atoms with Gasteiger partial charge in [-0.25, -0.2) is 8.42 Å². The Hall–Kier alpha value is -3.36. The molecule has 0 bridgehead atoms. The van der Waals surface area contributed by atoms with Crippen LogP contribution in [-0.4, -0.2) is 20.2 Å². The summed E-state index contributed by atoms with van der Waals surface area (Å²) in [7, 11) is -4.03. The summed E-state index contributed by atoms with van der Waals surface area (Å²) < 4.78 is 28.3. The van der Waals surface area contributed by atoms with Gasteiger partial charge in [-0.3, -0.25) is 14.3 Å². The van der Waals surface area contributed by atoms with Gasteiger partial charge in [0.2, 0.25) is 5.91 Å². The van der Waals surface area contributed by atoms with E-state index in [2.05, 4.69) is 15.4 Å². The molecule has 3 N–H and O–H groups in total. The molecule has 3 aromatic rings. The van der Waals surface area contributed by atoms with Crippen molar-refractivity contribution >= 4 is 50.5 Å². The molecule has 3 aromatic carbocycles. The fourth-order valence-corrected chi connectivity index (χ4v) is 4.48. The van der Waals surface area contributed by atoms with Gasteiger partial charge in [-0.2, -0.15) is 0 Å². The highest BCUT2D eigenvalue weighted by Crippen LogP contribution is 2.27. The third-order valence-corrected chi connectivity index (χ3v) is 6.16. The van der Waals surface area contributed by atoms with Crippen LogP contribution in [0.25, 0.3) is 0 Å². The Morgan fingerprint density at radius 1 is 0.871 bits per heavy atom. The third-order valence-electron chi connectivity index (χ3n) is 4.31. The first kappa shape index (κ1) is 22.3. The molecule has 0 spiro atoms. The summed E-state index contributed by atoms with van der Waals surface area (Å²) in [6, 6.07) is 17.5. The van der Waals surface area contributed by atoms with Crippen molar-refractivity contribution < 1.29 is 18.0 Å². The van der Waals surface area contributed by atoms with Crippen LogP contribution < -0.4 is 15.4 Å². The highest BCUT2D eigenvalue weighted by Gasteiger charge is 2.21. The number of hydrogen-bond acceptors (Lipinski definition) is 4. The summed E-state index contributed by atoms with van der Waals surface area (Å²) in [5, 5.41) is 5.30. The second-order valence-corrected chi connectivity index (χ2v) is 8.84. The van der Waals surface area contributed by atoms with Crippen LogP contribution in [0.5, 0.6) is 0 Å². The van der Waals surface area contributed by atoms with E-state index in [1.54, 1.807) is 55.5 Å². The molecule has 3 rings (SSSR count). The lowest BCUT2D eigenvalue weighted by molar-refractivity contribution is -0.114. The molecule has 0 saturated heterocycles. The molecule has 160 valence electrons. The van der Waals surface area contributed by atoms with Crippen molar-refractivity contribution in [2.45, 2.75) is 18.7 Å². The molecule has 0 aliphatic rings. The van der Waals surface area contributed by atoms with E-state index in [1.807, 2.05) is 0 Å². The van der Waals surface area contributed by atoms with Gasteiger partial charge < -0.3 is 10.6 Å². The normalized spacial score (nSPS) is 10.9. The Bertz CT molecular complexity index is 1260. The number of rotatable bonds is 6. The first-order valence-electron chi connectivity index (χ1n) is 9.23. The first-order chi connectivity index (χ1) is 14.7. The Balaban J connectivity index is 1.86. The van der Waals surface area contributed by atoms with E-state index in [1.165, 1.54) is 25.1 Å². The van der Waals surface area contributed by atoms with E-state index < -0.39 is 15.9 Å². The largest absolute Gasteiger partial charge is 0.326 e. The average Bonchev–Trinajstić information content (AvgIpc) is 2.69. The van der Waals surface area contributed by atoms with Gasteiger partial charge in [-0.1, -0.05) is 35.9 Å². The van der Waals surface area contributed by atoms with Gasteiger partial charge in [-0.05, 0) is 55.0 Å². The highest BCUT2D eigenvalue weighted by molar-refractivity contribution is 7.92. The van der Waals surface area contributed by atoms with Crippen molar-refractivity contribution in [1.29, 1.82) is 0 Å². The molecule has 0 aliphatic heterocycles. The minimum Gasteiger partial charge on any atom is -0.326 e. The molecule has 0 aromatic heterocycles. The number of para-hydroxylation sites is 1. The monoisotopic (exact) mass is 457 g/mol. The maximum Gasteiger partial charge on any atom is 0.263 e. The fraction of sp³-hybridized carbons (Fsp3) is 0.0909. The molecule has 0 aliphatic carbocycles. The maximum absolute atomic E-state index is 12.9. The second kappa shape index (κ2) is 9.20. The van der Waals surface area contributed by atoms with E-state index in [4.69, 9.17) is 11.6 Å². The number of carbonyl (C=O) groups excluding carboxylic acids is 2. The molecule has 0 fully saturated rings. The molecule has 7 nitrogen and oxygen atoms in total. The first-order valence-corrected chi connectivity index (χ1v) is 11.1. The summed E-state index contributed by atoms with van der Waals surface area (Å²) in [5.74, 6) is -0.763. The molecule has 0 saturated carbocycles. The quantitative estimate of drug-likeness (QED) is 0.500. The molecule has 0 atom stereocenters. The predicted molar refractivity (Wildman–Crippen MR) is 122 cm³/mol. The molecule has 2 amide bonds. The highest BCUT2D eigenvalue weighted by atomic mass is 35.5. The summed E-state index contributed by atoms with van der Waals surface area (Å²) in [5.41, 5.74) is 2.23. The zero-order valence-corrected chi connectivity index (χ0v) is 18.3. The van der Waals surface area contributed by atoms with E-state index in [9.17, 15) is 18.0 Å². The van der Waals surface area contributed by atoms with Crippen LogP contribution in [0.3, 0.4) is 0 Å². The second-order valence-electron chi connectivity index (χ2n) is 6.78. The minimum absolute atomic E-state index is 0.00899. The van der Waals surface area contributed by atoms with Crippen LogP contribution in [0.2, 0.25) is 5.02 Å². The Morgan fingerprint density at radius 2 is 1.55 bits per heavy atom. The molecular formula is C22H20ClN3O4S. The zero-order valence-electron chi connectivity index (χ0n) is 16.8. The topological polar surface area (TPSA) is 104 Å².